The zero-order valence-corrected chi connectivity index (χ0v) is 35.5. The monoisotopic (exact) mass is 843 g/mol. The summed E-state index contributed by atoms with van der Waals surface area (Å²) in [6.07, 6.45) is 15.7. The number of aliphatic hydroxyl groups excluding tert-OH is 2. The van der Waals surface area contributed by atoms with E-state index in [2.05, 4.69) is 12.0 Å². The third-order valence-corrected chi connectivity index (χ3v) is 11.8. The number of unbranched alkanes of at least 4 members (excludes halogenated alkanes) is 15. The number of phosphoric acid groups is 1. The summed E-state index contributed by atoms with van der Waals surface area (Å²) in [6.45, 7) is 2.85. The molecule has 0 aliphatic carbocycles. The molecule has 326 valence electrons. The van der Waals surface area contributed by atoms with Crippen LogP contribution in [0.3, 0.4) is 0 Å². The molecule has 0 amide bonds. The number of benzene rings is 1. The average Bonchev–Trinajstić information content (AvgIpc) is 3.77. The first-order chi connectivity index (χ1) is 28.5. The summed E-state index contributed by atoms with van der Waals surface area (Å²) < 4.78 is 56.9. The van der Waals surface area contributed by atoms with Crippen LogP contribution in [-0.4, -0.2) is 75.6 Å². The predicted molar refractivity (Wildman–Crippen MR) is 220 cm³/mol. The number of nitriles is 2. The molecular weight excluding hydrogens is 780 g/mol. The Kier molecular flexibility index (Phi) is 20.2. The smallest absolute Gasteiger partial charge is 0.397 e. The summed E-state index contributed by atoms with van der Waals surface area (Å²) in [5.74, 6) is -0.559. The number of ether oxygens (including phenoxy) is 3. The van der Waals surface area contributed by atoms with Gasteiger partial charge in [0.05, 0.1) is 55.0 Å². The number of hydrogen-bond acceptors (Lipinski definition) is 12. The lowest BCUT2D eigenvalue weighted by Crippen LogP contribution is -2.41. The number of nitrogens with zero attached hydrogens (tertiary/aromatic N) is 4. The van der Waals surface area contributed by atoms with Crippen molar-refractivity contribution in [1.29, 1.82) is 10.5 Å². The molecule has 3 heterocycles. The SMILES string of the molecule is CCCCCCCCCCCCCCCCCCOC[C@H](COP(=O)(O)OC[C@H]1O[C@@](C#N)(c2ccc3c(N)ccnn23)[C@H](O)[C@@H]1O)OCc1cc(F)c(C)c(C#N)c1. The third-order valence-electron chi connectivity index (χ3n) is 10.9. The van der Waals surface area contributed by atoms with E-state index in [9.17, 15) is 34.6 Å². The number of anilines is 1. The highest BCUT2D eigenvalue weighted by atomic mass is 31.2. The van der Waals surface area contributed by atoms with E-state index in [0.29, 0.717) is 23.4 Å². The Morgan fingerprint density at radius 3 is 2.19 bits per heavy atom. The van der Waals surface area contributed by atoms with Gasteiger partial charge in [-0.3, -0.25) is 9.05 Å². The minimum Gasteiger partial charge on any atom is -0.397 e. The summed E-state index contributed by atoms with van der Waals surface area (Å²) in [7, 11) is -4.83. The van der Waals surface area contributed by atoms with Crippen LogP contribution in [0, 0.1) is 35.4 Å². The molecule has 3 aromatic rings. The van der Waals surface area contributed by atoms with Crippen LogP contribution in [0.5, 0.6) is 0 Å². The Bertz CT molecular complexity index is 1870. The van der Waals surface area contributed by atoms with Gasteiger partial charge in [-0.2, -0.15) is 15.6 Å². The van der Waals surface area contributed by atoms with Crippen molar-refractivity contribution in [2.45, 2.75) is 153 Å². The lowest BCUT2D eigenvalue weighted by Gasteiger charge is -2.24. The summed E-state index contributed by atoms with van der Waals surface area (Å²) in [5.41, 5.74) is 5.57. The molecule has 1 aliphatic rings. The van der Waals surface area contributed by atoms with Crippen LogP contribution in [0.2, 0.25) is 0 Å². The van der Waals surface area contributed by atoms with Gasteiger partial charge in [-0.25, -0.2) is 13.5 Å². The molecular formula is C43H63FN5O9P. The normalized spacial score (nSPS) is 20.7. The highest BCUT2D eigenvalue weighted by Crippen LogP contribution is 2.46. The molecule has 1 aromatic carbocycles. The minimum atomic E-state index is -4.83. The van der Waals surface area contributed by atoms with Crippen LogP contribution in [0.15, 0.2) is 36.5 Å². The first-order valence-corrected chi connectivity index (χ1v) is 22.6. The third kappa shape index (κ3) is 14.3. The van der Waals surface area contributed by atoms with E-state index >= 15 is 0 Å². The van der Waals surface area contributed by atoms with E-state index < -0.39 is 56.9 Å². The number of nitrogens with two attached hydrogens (primary N) is 1. The number of rotatable bonds is 29. The van der Waals surface area contributed by atoms with Crippen LogP contribution in [0.4, 0.5) is 10.1 Å². The Balaban J connectivity index is 1.22. The maximum absolute atomic E-state index is 14.5. The maximum Gasteiger partial charge on any atom is 0.472 e. The number of aromatic nitrogens is 2. The number of aliphatic hydroxyl groups is 2. The van der Waals surface area contributed by atoms with Crippen molar-refractivity contribution in [2.24, 2.45) is 0 Å². The molecule has 59 heavy (non-hydrogen) atoms. The van der Waals surface area contributed by atoms with Crippen LogP contribution < -0.4 is 5.73 Å². The highest BCUT2D eigenvalue weighted by Gasteiger charge is 2.58. The first kappa shape index (κ1) is 48.2. The van der Waals surface area contributed by atoms with E-state index in [1.54, 1.807) is 12.1 Å². The standard InChI is InChI=1S/C43H63FN5O9P/c1-3-4-5-6-7-8-9-10-11-12-13-14-15-16-17-18-23-54-28-35(55-27-33-24-34(26-45)32(2)36(44)25-33)29-56-59(52,53)57-30-39-41(50)42(51)43(31-46,58-39)40-20-19-38-37(47)21-22-48-49(38)40/h19-22,24-25,35,39,41-42,50-51H,3-18,23,27-30,47H2,1-2H3,(H,52,53)/t35-,39-,41-,42-,43+/m1/s1. The second-order valence-electron chi connectivity index (χ2n) is 15.5. The zero-order chi connectivity index (χ0) is 42.7. The summed E-state index contributed by atoms with van der Waals surface area (Å²) >= 11 is 0. The van der Waals surface area contributed by atoms with Crippen molar-refractivity contribution in [3.05, 3.63) is 64.7 Å². The Morgan fingerprint density at radius 1 is 0.949 bits per heavy atom. The zero-order valence-electron chi connectivity index (χ0n) is 34.6. The molecule has 4 rings (SSSR count). The topological polar surface area (TPSA) is 215 Å². The van der Waals surface area contributed by atoms with Crippen molar-refractivity contribution in [3.63, 3.8) is 0 Å². The van der Waals surface area contributed by atoms with Crippen LogP contribution in [-0.2, 0) is 40.0 Å². The van der Waals surface area contributed by atoms with Gasteiger partial charge in [0, 0.05) is 18.4 Å². The van der Waals surface area contributed by atoms with Gasteiger partial charge in [0.1, 0.15) is 36.3 Å². The highest BCUT2D eigenvalue weighted by molar-refractivity contribution is 7.47. The molecule has 1 saturated heterocycles. The van der Waals surface area contributed by atoms with Gasteiger partial charge in [0.25, 0.3) is 0 Å². The Morgan fingerprint density at radius 2 is 1.58 bits per heavy atom. The fraction of sp³-hybridized carbons (Fsp3) is 0.651. The molecule has 0 saturated carbocycles. The molecule has 1 aliphatic heterocycles. The summed E-state index contributed by atoms with van der Waals surface area (Å²) in [4.78, 5) is 10.6. The molecule has 1 unspecified atom stereocenters. The van der Waals surface area contributed by atoms with Gasteiger partial charge in [-0.05, 0) is 49.2 Å². The van der Waals surface area contributed by atoms with Gasteiger partial charge in [-0.1, -0.05) is 103 Å². The fourth-order valence-electron chi connectivity index (χ4n) is 7.28. The maximum atomic E-state index is 14.5. The Hall–Kier alpha value is -3.47. The fourth-order valence-corrected chi connectivity index (χ4v) is 8.04. The molecule has 2 aromatic heterocycles. The number of halogens is 1. The van der Waals surface area contributed by atoms with Crippen LogP contribution >= 0.6 is 7.82 Å². The second kappa shape index (κ2) is 24.7. The minimum absolute atomic E-state index is 0.0106. The van der Waals surface area contributed by atoms with E-state index in [4.69, 9.17) is 29.0 Å². The molecule has 16 heteroatoms. The van der Waals surface area contributed by atoms with E-state index in [1.807, 2.05) is 12.1 Å². The van der Waals surface area contributed by atoms with Gasteiger partial charge in [0.2, 0.25) is 5.60 Å². The van der Waals surface area contributed by atoms with Gasteiger partial charge in [-0.15, -0.1) is 0 Å². The summed E-state index contributed by atoms with van der Waals surface area (Å²) in [5, 5.41) is 45.6. The van der Waals surface area contributed by atoms with E-state index in [-0.39, 0.29) is 30.0 Å². The second-order valence-corrected chi connectivity index (χ2v) is 16.9. The van der Waals surface area contributed by atoms with Gasteiger partial charge >= 0.3 is 7.82 Å². The van der Waals surface area contributed by atoms with Gasteiger partial charge < -0.3 is 35.1 Å². The van der Waals surface area contributed by atoms with Gasteiger partial charge in [0.15, 0.2) is 0 Å². The molecule has 6 atom stereocenters. The number of fused-ring (bicyclic) bond motifs is 1. The average molecular weight is 844 g/mol. The molecule has 1 fully saturated rings. The molecule has 0 radical (unpaired) electrons. The largest absolute Gasteiger partial charge is 0.472 e. The first-order valence-electron chi connectivity index (χ1n) is 21.1. The molecule has 14 nitrogen and oxygen atoms in total. The summed E-state index contributed by atoms with van der Waals surface area (Å²) in [6, 6.07) is 11.3. The van der Waals surface area contributed by atoms with Crippen molar-refractivity contribution >= 4 is 19.0 Å². The van der Waals surface area contributed by atoms with E-state index in [0.717, 1.165) is 19.3 Å². The van der Waals surface area contributed by atoms with Crippen LogP contribution in [0.1, 0.15) is 132 Å². The lowest BCUT2D eigenvalue weighted by atomic mass is 9.92. The van der Waals surface area contributed by atoms with Crippen molar-refractivity contribution in [1.82, 2.24) is 9.61 Å². The quantitative estimate of drug-likeness (QED) is 0.0385. The van der Waals surface area contributed by atoms with Crippen LogP contribution in [0.25, 0.3) is 5.52 Å². The Labute approximate surface area is 348 Å². The van der Waals surface area contributed by atoms with Crippen molar-refractivity contribution in [3.8, 4) is 12.1 Å². The number of hydrogen-bond donors (Lipinski definition) is 4. The molecule has 0 spiro atoms. The lowest BCUT2D eigenvalue weighted by molar-refractivity contribution is -0.0690. The van der Waals surface area contributed by atoms with Crippen molar-refractivity contribution < 1.29 is 47.3 Å². The van der Waals surface area contributed by atoms with E-state index in [1.165, 1.54) is 119 Å². The molecule has 0 bridgehead atoms. The predicted octanol–water partition coefficient (Wildman–Crippen LogP) is 8.07. The molecule has 5 N–H and O–H groups in total. The number of nitrogen functional groups attached to an aromatic ring is 1. The van der Waals surface area contributed by atoms with Crippen molar-refractivity contribution in [2.75, 3.05) is 32.2 Å². The number of phosphoric ester groups is 1.